The lowest BCUT2D eigenvalue weighted by Crippen LogP contribution is -2.13. The quantitative estimate of drug-likeness (QED) is 0.677. The maximum Gasteiger partial charge on any atom is 0.138 e. The molecule has 4 nitrogen and oxygen atoms in total. The molecule has 0 aliphatic rings. The Bertz CT molecular complexity index is 844. The predicted molar refractivity (Wildman–Crippen MR) is 105 cm³/mol. The number of nitrogens with zero attached hydrogens (tertiary/aromatic N) is 3. The van der Waals surface area contributed by atoms with Crippen LogP contribution in [-0.4, -0.2) is 17.0 Å². The van der Waals surface area contributed by atoms with Crippen LogP contribution in [0.5, 0.6) is 0 Å². The minimum absolute atomic E-state index is 0.443. The zero-order chi connectivity index (χ0) is 17.8. The van der Waals surface area contributed by atoms with E-state index in [0.717, 1.165) is 28.8 Å². The average molecular weight is 332 g/mol. The van der Waals surface area contributed by atoms with Crippen molar-refractivity contribution in [1.82, 2.24) is 9.97 Å². The maximum absolute atomic E-state index is 4.58. The Morgan fingerprint density at radius 3 is 2.32 bits per heavy atom. The molecule has 0 saturated carbocycles. The Morgan fingerprint density at radius 1 is 0.920 bits per heavy atom. The van der Waals surface area contributed by atoms with E-state index in [0.29, 0.717) is 5.92 Å². The molecule has 0 unspecified atom stereocenters. The van der Waals surface area contributed by atoms with E-state index in [2.05, 4.69) is 64.4 Å². The summed E-state index contributed by atoms with van der Waals surface area (Å²) in [6.45, 7) is 6.31. The van der Waals surface area contributed by atoms with Gasteiger partial charge in [0.1, 0.15) is 17.5 Å². The van der Waals surface area contributed by atoms with Gasteiger partial charge in [-0.3, -0.25) is 0 Å². The number of benzene rings is 2. The maximum atomic E-state index is 4.58. The second-order valence-corrected chi connectivity index (χ2v) is 6.42. The summed E-state index contributed by atoms with van der Waals surface area (Å²) in [5.74, 6) is 2.85. The molecular weight excluding hydrogens is 308 g/mol. The minimum Gasteiger partial charge on any atom is -0.340 e. The van der Waals surface area contributed by atoms with E-state index in [1.54, 1.807) is 0 Å². The van der Waals surface area contributed by atoms with Gasteiger partial charge in [-0.1, -0.05) is 50.2 Å². The van der Waals surface area contributed by atoms with Crippen LogP contribution in [0.15, 0.2) is 60.7 Å². The van der Waals surface area contributed by atoms with Gasteiger partial charge in [-0.15, -0.1) is 0 Å². The van der Waals surface area contributed by atoms with E-state index >= 15 is 0 Å². The lowest BCUT2D eigenvalue weighted by Gasteiger charge is -2.20. The first-order valence-electron chi connectivity index (χ1n) is 8.55. The first-order chi connectivity index (χ1) is 12.0. The number of anilines is 4. The Balaban J connectivity index is 1.93. The van der Waals surface area contributed by atoms with Gasteiger partial charge in [-0.05, 0) is 36.6 Å². The number of aryl methyl sites for hydroxylation is 1. The average Bonchev–Trinajstić information content (AvgIpc) is 2.61. The summed E-state index contributed by atoms with van der Waals surface area (Å²) < 4.78 is 0. The third kappa shape index (κ3) is 3.97. The van der Waals surface area contributed by atoms with Gasteiger partial charge in [-0.25, -0.2) is 9.97 Å². The lowest BCUT2D eigenvalue weighted by molar-refractivity contribution is 0.868. The molecule has 0 bridgehead atoms. The molecule has 1 aromatic heterocycles. The Morgan fingerprint density at radius 2 is 1.60 bits per heavy atom. The number of para-hydroxylation sites is 2. The molecule has 128 valence electrons. The van der Waals surface area contributed by atoms with E-state index in [1.165, 1.54) is 5.56 Å². The van der Waals surface area contributed by atoms with E-state index in [-0.39, 0.29) is 0 Å². The summed E-state index contributed by atoms with van der Waals surface area (Å²) in [5, 5.41) is 3.46. The summed E-state index contributed by atoms with van der Waals surface area (Å²) in [6.07, 6.45) is 0. The Kier molecular flexibility index (Phi) is 4.98. The zero-order valence-electron chi connectivity index (χ0n) is 15.2. The Labute approximate surface area is 149 Å². The molecule has 3 aromatic rings. The minimum atomic E-state index is 0.443. The normalized spacial score (nSPS) is 10.8. The van der Waals surface area contributed by atoms with Crippen LogP contribution in [0.4, 0.5) is 23.0 Å². The highest BCUT2D eigenvalue weighted by Gasteiger charge is 2.11. The van der Waals surface area contributed by atoms with Crippen molar-refractivity contribution in [3.8, 4) is 0 Å². The molecule has 0 aliphatic carbocycles. The molecule has 1 N–H and O–H groups in total. The highest BCUT2D eigenvalue weighted by atomic mass is 15.2. The molecule has 3 rings (SSSR count). The zero-order valence-corrected chi connectivity index (χ0v) is 15.2. The molecule has 0 radical (unpaired) electrons. The van der Waals surface area contributed by atoms with Gasteiger partial charge in [0, 0.05) is 24.5 Å². The van der Waals surface area contributed by atoms with Crippen LogP contribution in [0.2, 0.25) is 0 Å². The second-order valence-electron chi connectivity index (χ2n) is 6.42. The fraction of sp³-hybridized carbons (Fsp3) is 0.238. The largest absolute Gasteiger partial charge is 0.340 e. The first-order valence-corrected chi connectivity index (χ1v) is 8.55. The Hall–Kier alpha value is -2.88. The van der Waals surface area contributed by atoms with Crippen LogP contribution < -0.4 is 10.2 Å². The van der Waals surface area contributed by atoms with Gasteiger partial charge in [0.05, 0.1) is 0 Å². The summed E-state index contributed by atoms with van der Waals surface area (Å²) in [5.41, 5.74) is 3.45. The summed E-state index contributed by atoms with van der Waals surface area (Å²) in [6, 6.07) is 20.5. The van der Waals surface area contributed by atoms with E-state index in [1.807, 2.05) is 44.3 Å². The fourth-order valence-corrected chi connectivity index (χ4v) is 2.82. The van der Waals surface area contributed by atoms with Crippen molar-refractivity contribution in [2.24, 2.45) is 0 Å². The molecule has 1 heterocycles. The molecule has 2 aromatic carbocycles. The van der Waals surface area contributed by atoms with Gasteiger partial charge in [0.2, 0.25) is 0 Å². The lowest BCUT2D eigenvalue weighted by atomic mass is 10.0. The van der Waals surface area contributed by atoms with Crippen molar-refractivity contribution < 1.29 is 0 Å². The monoisotopic (exact) mass is 332 g/mol. The van der Waals surface area contributed by atoms with Crippen molar-refractivity contribution in [3.05, 3.63) is 72.1 Å². The van der Waals surface area contributed by atoms with Gasteiger partial charge < -0.3 is 10.2 Å². The standard InChI is InChI=1S/C21H24N4/c1-15(2)18-12-8-9-13-19(18)24-20-14-21(23-16(3)22-20)25(4)17-10-6-5-7-11-17/h5-15H,1-4H3,(H,22,23,24). The van der Waals surface area contributed by atoms with E-state index < -0.39 is 0 Å². The number of hydrogen-bond acceptors (Lipinski definition) is 4. The topological polar surface area (TPSA) is 41.1 Å². The van der Waals surface area contributed by atoms with Crippen LogP contribution in [0.25, 0.3) is 0 Å². The smallest absolute Gasteiger partial charge is 0.138 e. The van der Waals surface area contributed by atoms with Crippen LogP contribution in [-0.2, 0) is 0 Å². The van der Waals surface area contributed by atoms with Crippen LogP contribution in [0.3, 0.4) is 0 Å². The van der Waals surface area contributed by atoms with Gasteiger partial charge >= 0.3 is 0 Å². The van der Waals surface area contributed by atoms with Crippen molar-refractivity contribution in [1.29, 1.82) is 0 Å². The third-order valence-electron chi connectivity index (χ3n) is 4.16. The predicted octanol–water partition coefficient (Wildman–Crippen LogP) is 5.42. The molecule has 25 heavy (non-hydrogen) atoms. The van der Waals surface area contributed by atoms with Crippen LogP contribution in [0, 0.1) is 6.92 Å². The van der Waals surface area contributed by atoms with E-state index in [4.69, 9.17) is 0 Å². The highest BCUT2D eigenvalue weighted by Crippen LogP contribution is 2.28. The van der Waals surface area contributed by atoms with Crippen molar-refractivity contribution in [2.45, 2.75) is 26.7 Å². The molecule has 0 fully saturated rings. The molecule has 0 amide bonds. The third-order valence-corrected chi connectivity index (χ3v) is 4.16. The second kappa shape index (κ2) is 7.34. The number of rotatable bonds is 5. The molecule has 0 saturated heterocycles. The SMILES string of the molecule is Cc1nc(Nc2ccccc2C(C)C)cc(N(C)c2ccccc2)n1. The van der Waals surface area contributed by atoms with Gasteiger partial charge in [0.15, 0.2) is 0 Å². The molecule has 4 heteroatoms. The van der Waals surface area contributed by atoms with E-state index in [9.17, 15) is 0 Å². The van der Waals surface area contributed by atoms with Gasteiger partial charge in [-0.2, -0.15) is 0 Å². The number of hydrogen-bond donors (Lipinski definition) is 1. The van der Waals surface area contributed by atoms with Crippen molar-refractivity contribution >= 4 is 23.0 Å². The summed E-state index contributed by atoms with van der Waals surface area (Å²) >= 11 is 0. The molecule has 0 spiro atoms. The number of aromatic nitrogens is 2. The van der Waals surface area contributed by atoms with Crippen molar-refractivity contribution in [2.75, 3.05) is 17.3 Å². The number of nitrogens with one attached hydrogen (secondary N) is 1. The first kappa shape index (κ1) is 17.0. The highest BCUT2D eigenvalue weighted by molar-refractivity contribution is 5.66. The van der Waals surface area contributed by atoms with Crippen LogP contribution >= 0.6 is 0 Å². The van der Waals surface area contributed by atoms with Crippen LogP contribution in [0.1, 0.15) is 31.2 Å². The molecule has 0 atom stereocenters. The van der Waals surface area contributed by atoms with Gasteiger partial charge in [0.25, 0.3) is 0 Å². The molecule has 0 aliphatic heterocycles. The van der Waals surface area contributed by atoms with Crippen molar-refractivity contribution in [3.63, 3.8) is 0 Å². The fourth-order valence-electron chi connectivity index (χ4n) is 2.82. The summed E-state index contributed by atoms with van der Waals surface area (Å²) in [7, 11) is 2.02. The molecular formula is C21H24N4. The summed E-state index contributed by atoms with van der Waals surface area (Å²) in [4.78, 5) is 11.2.